The van der Waals surface area contributed by atoms with Crippen molar-refractivity contribution in [1.82, 2.24) is 19.9 Å². The predicted octanol–water partition coefficient (Wildman–Crippen LogP) is 3.13. The van der Waals surface area contributed by atoms with Crippen molar-refractivity contribution in [3.8, 4) is 0 Å². The van der Waals surface area contributed by atoms with E-state index < -0.39 is 0 Å². The van der Waals surface area contributed by atoms with Crippen LogP contribution in [0.25, 0.3) is 11.0 Å². The summed E-state index contributed by atoms with van der Waals surface area (Å²) < 4.78 is 4.75. The van der Waals surface area contributed by atoms with Crippen LogP contribution in [0.1, 0.15) is 18.4 Å². The lowest BCUT2D eigenvalue weighted by atomic mass is 10.1. The Morgan fingerprint density at radius 2 is 2.03 bits per heavy atom. The van der Waals surface area contributed by atoms with Crippen molar-refractivity contribution in [2.75, 3.05) is 37.4 Å². The minimum atomic E-state index is -0.189. The normalized spacial score (nSPS) is 15.1. The maximum absolute atomic E-state index is 11.5. The van der Waals surface area contributed by atoms with E-state index in [1.807, 2.05) is 24.3 Å². The molecule has 1 fully saturated rings. The molecule has 0 bridgehead atoms. The number of hydrogen-bond acceptors (Lipinski definition) is 8. The number of nitrogens with one attached hydrogen (secondary N) is 2. The summed E-state index contributed by atoms with van der Waals surface area (Å²) in [6.07, 6.45) is 3.43. The molecule has 1 aliphatic heterocycles. The Morgan fingerprint density at radius 1 is 1.20 bits per heavy atom. The van der Waals surface area contributed by atoms with Gasteiger partial charge in [-0.05, 0) is 49.6 Å². The zero-order chi connectivity index (χ0) is 20.9. The van der Waals surface area contributed by atoms with Crippen LogP contribution in [0.15, 0.2) is 42.7 Å². The number of nitrogens with zero attached hydrogens (tertiary/aromatic N) is 4. The van der Waals surface area contributed by atoms with E-state index in [-0.39, 0.29) is 5.97 Å². The van der Waals surface area contributed by atoms with Gasteiger partial charge < -0.3 is 15.4 Å². The molecule has 0 amide bonds. The first-order valence-corrected chi connectivity index (χ1v) is 10.1. The molecule has 1 aliphatic rings. The Hall–Kier alpha value is -3.26. The average Bonchev–Trinajstić information content (AvgIpc) is 2.75. The number of methoxy groups -OCH3 is 1. The van der Waals surface area contributed by atoms with Crippen LogP contribution in [0.2, 0.25) is 0 Å². The Balaban J connectivity index is 1.46. The lowest BCUT2D eigenvalue weighted by molar-refractivity contribution is -0.142. The molecule has 2 N–H and O–H groups in total. The minimum Gasteiger partial charge on any atom is -0.468 e. The summed E-state index contributed by atoms with van der Waals surface area (Å²) in [6, 6.07) is 12.4. The zero-order valence-corrected chi connectivity index (χ0v) is 17.3. The molecule has 0 unspecified atom stereocenters. The number of benzene rings is 1. The molecule has 8 heteroatoms. The van der Waals surface area contributed by atoms with Gasteiger partial charge in [0.25, 0.3) is 0 Å². The number of hydrogen-bond donors (Lipinski definition) is 2. The van der Waals surface area contributed by atoms with Crippen molar-refractivity contribution < 1.29 is 9.53 Å². The number of rotatable bonds is 6. The van der Waals surface area contributed by atoms with Crippen LogP contribution in [0.5, 0.6) is 0 Å². The van der Waals surface area contributed by atoms with Crippen LogP contribution >= 0.6 is 0 Å². The number of esters is 1. The number of carbonyl (C=O) groups excluding carboxylic acids is 1. The maximum atomic E-state index is 11.5. The Labute approximate surface area is 175 Å². The fourth-order valence-corrected chi connectivity index (χ4v) is 3.66. The van der Waals surface area contributed by atoms with Crippen molar-refractivity contribution in [3.63, 3.8) is 0 Å². The highest BCUT2D eigenvalue weighted by atomic mass is 16.5. The van der Waals surface area contributed by atoms with Gasteiger partial charge in [-0.3, -0.25) is 9.69 Å². The van der Waals surface area contributed by atoms with Gasteiger partial charge in [0, 0.05) is 24.8 Å². The molecule has 0 atom stereocenters. The Morgan fingerprint density at radius 3 is 2.80 bits per heavy atom. The molecule has 1 aromatic carbocycles. The molecular weight excluding hydrogens is 380 g/mol. The van der Waals surface area contributed by atoms with E-state index in [1.54, 1.807) is 6.33 Å². The molecule has 2 aromatic heterocycles. The third-order valence-electron chi connectivity index (χ3n) is 5.28. The number of aryl methyl sites for hydroxylation is 1. The molecule has 30 heavy (non-hydrogen) atoms. The predicted molar refractivity (Wildman–Crippen MR) is 117 cm³/mol. The average molecular weight is 406 g/mol. The van der Waals surface area contributed by atoms with Crippen LogP contribution < -0.4 is 10.6 Å². The number of ether oxygens (including phenoxy) is 1. The van der Waals surface area contributed by atoms with Crippen LogP contribution in [0.4, 0.5) is 17.3 Å². The van der Waals surface area contributed by atoms with Gasteiger partial charge in [0.15, 0.2) is 5.82 Å². The zero-order valence-electron chi connectivity index (χ0n) is 17.3. The van der Waals surface area contributed by atoms with E-state index in [0.29, 0.717) is 18.4 Å². The lowest BCUT2D eigenvalue weighted by Crippen LogP contribution is -2.41. The highest BCUT2D eigenvalue weighted by Gasteiger charge is 2.21. The second-order valence-corrected chi connectivity index (χ2v) is 7.55. The van der Waals surface area contributed by atoms with Crippen LogP contribution in [0.3, 0.4) is 0 Å². The number of piperidine rings is 1. The van der Waals surface area contributed by atoms with Crippen molar-refractivity contribution in [1.29, 1.82) is 0 Å². The van der Waals surface area contributed by atoms with E-state index >= 15 is 0 Å². The third kappa shape index (κ3) is 4.83. The molecule has 4 rings (SSSR count). The number of pyridine rings is 1. The Kier molecular flexibility index (Phi) is 6.04. The second-order valence-electron chi connectivity index (χ2n) is 7.55. The smallest absolute Gasteiger partial charge is 0.319 e. The molecule has 0 aliphatic carbocycles. The summed E-state index contributed by atoms with van der Waals surface area (Å²) in [7, 11) is 1.42. The highest BCUT2D eigenvalue weighted by molar-refractivity contribution is 5.88. The number of likely N-dealkylation sites (tertiary alicyclic amines) is 1. The minimum absolute atomic E-state index is 0.189. The summed E-state index contributed by atoms with van der Waals surface area (Å²) in [5.74, 6) is 1.30. The lowest BCUT2D eigenvalue weighted by Gasteiger charge is -2.31. The van der Waals surface area contributed by atoms with E-state index in [1.165, 1.54) is 12.7 Å². The van der Waals surface area contributed by atoms with Crippen LogP contribution in [0, 0.1) is 6.92 Å². The molecule has 1 saturated heterocycles. The number of fused-ring (bicyclic) bond motifs is 1. The molecule has 3 aromatic rings. The fourth-order valence-electron chi connectivity index (χ4n) is 3.66. The summed E-state index contributed by atoms with van der Waals surface area (Å²) in [5, 5.41) is 6.88. The standard InChI is InChI=1S/C22H26N6O2/c1-15-4-3-5-17(12-15)26-22-21-18(23-14-24-22)6-7-19(27-21)25-16-8-10-28(11-9-16)13-20(29)30-2/h3-7,12,14,16H,8-11,13H2,1-2H3,(H,25,27)(H,23,24,26). The molecule has 3 heterocycles. The van der Waals surface area contributed by atoms with Gasteiger partial charge in [-0.2, -0.15) is 0 Å². The molecule has 0 saturated carbocycles. The van der Waals surface area contributed by atoms with Gasteiger partial charge in [0.2, 0.25) is 0 Å². The van der Waals surface area contributed by atoms with Gasteiger partial charge >= 0.3 is 5.97 Å². The van der Waals surface area contributed by atoms with Gasteiger partial charge in [-0.15, -0.1) is 0 Å². The van der Waals surface area contributed by atoms with E-state index in [4.69, 9.17) is 9.72 Å². The van der Waals surface area contributed by atoms with E-state index in [0.717, 1.165) is 48.5 Å². The quantitative estimate of drug-likeness (QED) is 0.603. The van der Waals surface area contributed by atoms with Gasteiger partial charge in [-0.25, -0.2) is 15.0 Å². The fraction of sp³-hybridized carbons (Fsp3) is 0.364. The number of carbonyl (C=O) groups is 1. The van der Waals surface area contributed by atoms with Crippen LogP contribution in [-0.2, 0) is 9.53 Å². The van der Waals surface area contributed by atoms with E-state index in [2.05, 4.69) is 44.6 Å². The maximum Gasteiger partial charge on any atom is 0.319 e. The second kappa shape index (κ2) is 9.04. The monoisotopic (exact) mass is 406 g/mol. The number of anilines is 3. The van der Waals surface area contributed by atoms with Crippen molar-refractivity contribution in [3.05, 3.63) is 48.3 Å². The van der Waals surface area contributed by atoms with Gasteiger partial charge in [0.05, 0.1) is 19.2 Å². The molecule has 8 nitrogen and oxygen atoms in total. The summed E-state index contributed by atoms with van der Waals surface area (Å²) in [4.78, 5) is 27.1. The van der Waals surface area contributed by atoms with Crippen molar-refractivity contribution in [2.24, 2.45) is 0 Å². The largest absolute Gasteiger partial charge is 0.468 e. The molecule has 156 valence electrons. The number of aromatic nitrogens is 3. The summed E-state index contributed by atoms with van der Waals surface area (Å²) in [5.41, 5.74) is 3.66. The van der Waals surface area contributed by atoms with Gasteiger partial charge in [0.1, 0.15) is 17.7 Å². The molecule has 0 spiro atoms. The third-order valence-corrected chi connectivity index (χ3v) is 5.28. The SMILES string of the molecule is COC(=O)CN1CCC(Nc2ccc3ncnc(Nc4cccc(C)c4)c3n2)CC1. The Bertz CT molecular complexity index is 1030. The van der Waals surface area contributed by atoms with E-state index in [9.17, 15) is 4.79 Å². The highest BCUT2D eigenvalue weighted by Crippen LogP contribution is 2.24. The topological polar surface area (TPSA) is 92.3 Å². The van der Waals surface area contributed by atoms with Crippen molar-refractivity contribution in [2.45, 2.75) is 25.8 Å². The molecule has 0 radical (unpaired) electrons. The first-order chi connectivity index (χ1) is 14.6. The van der Waals surface area contributed by atoms with Gasteiger partial charge in [-0.1, -0.05) is 12.1 Å². The van der Waals surface area contributed by atoms with Crippen molar-refractivity contribution >= 4 is 34.3 Å². The summed E-state index contributed by atoms with van der Waals surface area (Å²) >= 11 is 0. The first-order valence-electron chi connectivity index (χ1n) is 10.1. The first kappa shape index (κ1) is 20.0. The van der Waals surface area contributed by atoms with Crippen LogP contribution in [-0.4, -0.2) is 58.6 Å². The summed E-state index contributed by atoms with van der Waals surface area (Å²) in [6.45, 7) is 4.11. The molecular formula is C22H26N6O2.